The minimum Gasteiger partial charge on any atom is -0.493 e. The first-order valence-corrected chi connectivity index (χ1v) is 12.8. The molecule has 8 nitrogen and oxygen atoms in total. The molecule has 3 amide bonds. The van der Waals surface area contributed by atoms with Gasteiger partial charge in [0.1, 0.15) is 11.8 Å². The molecule has 1 fully saturated rings. The zero-order valence-electron chi connectivity index (χ0n) is 20.6. The zero-order chi connectivity index (χ0) is 26.4. The van der Waals surface area contributed by atoms with Crippen molar-refractivity contribution in [3.05, 3.63) is 81.9 Å². The van der Waals surface area contributed by atoms with Crippen molar-refractivity contribution < 1.29 is 28.6 Å². The number of amides is 3. The number of methoxy groups -OCH3 is 2. The molecule has 1 atom stereocenters. The monoisotopic (exact) mass is 614 g/mol. The standard InChI is InChI=1S/C28H27IN2O6/c1-35-24-13-8-19(16-25(24)36-2)14-15-30(27(33)18-37-22-6-4-3-5-7-22)23-17-26(32)31(28(23)34)21-11-9-20(29)10-12-21/h3-13,16,23H,14-15,17-18H2,1-2H3. The molecule has 192 valence electrons. The largest absolute Gasteiger partial charge is 0.493 e. The fraction of sp³-hybridized carbons (Fsp3) is 0.250. The van der Waals surface area contributed by atoms with Gasteiger partial charge in [-0.1, -0.05) is 24.3 Å². The van der Waals surface area contributed by atoms with Crippen molar-refractivity contribution in [2.24, 2.45) is 0 Å². The molecule has 1 aliphatic rings. The maximum atomic E-state index is 13.4. The second kappa shape index (κ2) is 12.1. The smallest absolute Gasteiger partial charge is 0.261 e. The molecule has 1 saturated heterocycles. The van der Waals surface area contributed by atoms with Gasteiger partial charge in [0.25, 0.3) is 11.8 Å². The normalized spacial score (nSPS) is 15.0. The van der Waals surface area contributed by atoms with Crippen molar-refractivity contribution in [2.75, 3.05) is 32.3 Å². The predicted molar refractivity (Wildman–Crippen MR) is 147 cm³/mol. The van der Waals surface area contributed by atoms with Gasteiger partial charge in [0.15, 0.2) is 18.1 Å². The second-order valence-electron chi connectivity index (χ2n) is 8.39. The minimum absolute atomic E-state index is 0.0895. The summed E-state index contributed by atoms with van der Waals surface area (Å²) in [6.07, 6.45) is 0.354. The van der Waals surface area contributed by atoms with Crippen LogP contribution in [0, 0.1) is 3.57 Å². The molecule has 3 aromatic rings. The van der Waals surface area contributed by atoms with E-state index >= 15 is 0 Å². The number of halogens is 1. The molecule has 37 heavy (non-hydrogen) atoms. The number of anilines is 1. The highest BCUT2D eigenvalue weighted by molar-refractivity contribution is 14.1. The predicted octanol–water partition coefficient (Wildman–Crippen LogP) is 4.09. The van der Waals surface area contributed by atoms with E-state index in [1.165, 1.54) is 4.90 Å². The molecule has 0 aromatic heterocycles. The van der Waals surface area contributed by atoms with Gasteiger partial charge >= 0.3 is 0 Å². The van der Waals surface area contributed by atoms with E-state index in [1.54, 1.807) is 44.6 Å². The minimum atomic E-state index is -0.918. The van der Waals surface area contributed by atoms with Crippen LogP contribution in [0.2, 0.25) is 0 Å². The first-order valence-electron chi connectivity index (χ1n) is 11.7. The number of nitrogens with zero attached hydrogens (tertiary/aromatic N) is 2. The molecule has 3 aromatic carbocycles. The fourth-order valence-electron chi connectivity index (χ4n) is 4.21. The van der Waals surface area contributed by atoms with E-state index in [1.807, 2.05) is 42.5 Å². The summed E-state index contributed by atoms with van der Waals surface area (Å²) < 4.78 is 17.4. The third-order valence-electron chi connectivity index (χ3n) is 6.10. The Morgan fingerprint density at radius 3 is 2.35 bits per heavy atom. The number of carbonyl (C=O) groups excluding carboxylic acids is 3. The number of hydrogen-bond acceptors (Lipinski definition) is 6. The maximum Gasteiger partial charge on any atom is 0.261 e. The van der Waals surface area contributed by atoms with E-state index in [9.17, 15) is 14.4 Å². The van der Waals surface area contributed by atoms with Gasteiger partial charge < -0.3 is 19.1 Å². The van der Waals surface area contributed by atoms with Crippen LogP contribution in [0.5, 0.6) is 17.2 Å². The van der Waals surface area contributed by atoms with E-state index in [4.69, 9.17) is 14.2 Å². The number of hydrogen-bond donors (Lipinski definition) is 0. The van der Waals surface area contributed by atoms with Gasteiger partial charge in [0.05, 0.1) is 26.3 Å². The van der Waals surface area contributed by atoms with Gasteiger partial charge in [-0.3, -0.25) is 14.4 Å². The maximum absolute atomic E-state index is 13.4. The van der Waals surface area contributed by atoms with E-state index in [0.29, 0.717) is 29.4 Å². The first-order chi connectivity index (χ1) is 17.9. The van der Waals surface area contributed by atoms with Crippen LogP contribution in [-0.4, -0.2) is 56.0 Å². The summed E-state index contributed by atoms with van der Waals surface area (Å²) in [4.78, 5) is 42.3. The van der Waals surface area contributed by atoms with Gasteiger partial charge in [-0.2, -0.15) is 0 Å². The Morgan fingerprint density at radius 1 is 0.973 bits per heavy atom. The Kier molecular flexibility index (Phi) is 8.65. The second-order valence-corrected chi connectivity index (χ2v) is 9.64. The molecular formula is C28H27IN2O6. The fourth-order valence-corrected chi connectivity index (χ4v) is 4.57. The number of benzene rings is 3. The lowest BCUT2D eigenvalue weighted by Gasteiger charge is -2.28. The van der Waals surface area contributed by atoms with E-state index in [0.717, 1.165) is 14.0 Å². The van der Waals surface area contributed by atoms with Crippen molar-refractivity contribution >= 4 is 46.0 Å². The quantitative estimate of drug-likeness (QED) is 0.253. The summed E-state index contributed by atoms with van der Waals surface area (Å²) in [6.45, 7) is -0.0336. The summed E-state index contributed by atoms with van der Waals surface area (Å²) in [7, 11) is 3.12. The molecule has 1 aliphatic heterocycles. The summed E-state index contributed by atoms with van der Waals surface area (Å²) in [5, 5.41) is 0. The van der Waals surface area contributed by atoms with Crippen LogP contribution in [0.25, 0.3) is 0 Å². The lowest BCUT2D eigenvalue weighted by Crippen LogP contribution is -2.48. The molecule has 0 radical (unpaired) electrons. The summed E-state index contributed by atoms with van der Waals surface area (Å²) in [5.74, 6) is 0.572. The molecule has 0 saturated carbocycles. The number of rotatable bonds is 10. The summed E-state index contributed by atoms with van der Waals surface area (Å²) in [6, 6.07) is 20.7. The Bertz CT molecular complexity index is 1270. The van der Waals surface area contributed by atoms with Crippen molar-refractivity contribution in [1.82, 2.24) is 4.90 Å². The van der Waals surface area contributed by atoms with Gasteiger partial charge in [-0.15, -0.1) is 0 Å². The van der Waals surface area contributed by atoms with Crippen molar-refractivity contribution in [3.8, 4) is 17.2 Å². The van der Waals surface area contributed by atoms with Crippen LogP contribution >= 0.6 is 22.6 Å². The number of imide groups is 1. The molecular weight excluding hydrogens is 587 g/mol. The molecule has 0 N–H and O–H groups in total. The Balaban J connectivity index is 1.55. The average molecular weight is 614 g/mol. The van der Waals surface area contributed by atoms with Crippen LogP contribution in [-0.2, 0) is 20.8 Å². The molecule has 4 rings (SSSR count). The van der Waals surface area contributed by atoms with Crippen LogP contribution in [0.3, 0.4) is 0 Å². The lowest BCUT2D eigenvalue weighted by molar-refractivity contribution is -0.140. The van der Waals surface area contributed by atoms with Gasteiger partial charge in [0.2, 0.25) is 5.91 Å². The van der Waals surface area contributed by atoms with Crippen molar-refractivity contribution in [2.45, 2.75) is 18.9 Å². The van der Waals surface area contributed by atoms with E-state index in [2.05, 4.69) is 22.6 Å². The highest BCUT2D eigenvalue weighted by Gasteiger charge is 2.44. The van der Waals surface area contributed by atoms with Crippen LogP contribution < -0.4 is 19.1 Å². The number of para-hydroxylation sites is 1. The van der Waals surface area contributed by atoms with Gasteiger partial charge in [0, 0.05) is 10.1 Å². The van der Waals surface area contributed by atoms with Crippen LogP contribution in [0.15, 0.2) is 72.8 Å². The first kappa shape index (κ1) is 26.5. The molecule has 0 spiro atoms. The zero-order valence-corrected chi connectivity index (χ0v) is 22.7. The molecule has 1 unspecified atom stereocenters. The summed E-state index contributed by atoms with van der Waals surface area (Å²) >= 11 is 2.16. The SMILES string of the molecule is COc1ccc(CCN(C(=O)COc2ccccc2)C2CC(=O)N(c3ccc(I)cc3)C2=O)cc1OC. The molecule has 9 heteroatoms. The van der Waals surface area contributed by atoms with Gasteiger partial charge in [-0.05, 0) is 83.1 Å². The number of carbonyl (C=O) groups is 3. The van der Waals surface area contributed by atoms with Gasteiger partial charge in [-0.25, -0.2) is 4.90 Å². The highest BCUT2D eigenvalue weighted by Crippen LogP contribution is 2.29. The third kappa shape index (κ3) is 6.22. The van der Waals surface area contributed by atoms with Crippen LogP contribution in [0.1, 0.15) is 12.0 Å². The molecule has 1 heterocycles. The van der Waals surface area contributed by atoms with Crippen LogP contribution in [0.4, 0.5) is 5.69 Å². The summed E-state index contributed by atoms with van der Waals surface area (Å²) in [5.41, 5.74) is 1.39. The average Bonchev–Trinajstić information content (AvgIpc) is 3.21. The third-order valence-corrected chi connectivity index (χ3v) is 6.82. The van der Waals surface area contributed by atoms with E-state index < -0.39 is 11.9 Å². The Labute approximate surface area is 229 Å². The lowest BCUT2D eigenvalue weighted by atomic mass is 10.1. The Hall–Kier alpha value is -3.60. The molecule has 0 aliphatic carbocycles. The highest BCUT2D eigenvalue weighted by atomic mass is 127. The van der Waals surface area contributed by atoms with Crippen molar-refractivity contribution in [3.63, 3.8) is 0 Å². The number of ether oxygens (including phenoxy) is 3. The van der Waals surface area contributed by atoms with Crippen molar-refractivity contribution in [1.29, 1.82) is 0 Å². The molecule has 0 bridgehead atoms. The van der Waals surface area contributed by atoms with E-state index in [-0.39, 0.29) is 31.4 Å². The Morgan fingerprint density at radius 2 is 1.68 bits per heavy atom. The topological polar surface area (TPSA) is 85.4 Å².